The highest BCUT2D eigenvalue weighted by Gasteiger charge is 2.10. The summed E-state index contributed by atoms with van der Waals surface area (Å²) >= 11 is 0. The highest BCUT2D eigenvalue weighted by atomic mass is 16.5. The van der Waals surface area contributed by atoms with E-state index < -0.39 is 11.9 Å². The summed E-state index contributed by atoms with van der Waals surface area (Å²) in [4.78, 5) is 34.3. The van der Waals surface area contributed by atoms with E-state index in [0.717, 1.165) is 0 Å². The van der Waals surface area contributed by atoms with Crippen molar-refractivity contribution in [3.8, 4) is 36.2 Å². The molecule has 0 bridgehead atoms. The van der Waals surface area contributed by atoms with Crippen LogP contribution in [0.25, 0.3) is 0 Å². The summed E-state index contributed by atoms with van der Waals surface area (Å²) in [5.74, 6) is 2.25. The maximum absolute atomic E-state index is 12.3. The van der Waals surface area contributed by atoms with Gasteiger partial charge in [0.05, 0.1) is 0 Å². The van der Waals surface area contributed by atoms with E-state index in [-0.39, 0.29) is 17.3 Å². The number of ketones is 1. The van der Waals surface area contributed by atoms with Crippen molar-refractivity contribution in [3.05, 3.63) is 59.7 Å². The van der Waals surface area contributed by atoms with Gasteiger partial charge in [-0.3, -0.25) is 4.79 Å². The zero-order valence-corrected chi connectivity index (χ0v) is 12.3. The van der Waals surface area contributed by atoms with Gasteiger partial charge in [0.1, 0.15) is 11.5 Å². The first-order valence-electron chi connectivity index (χ1n) is 6.65. The van der Waals surface area contributed by atoms with Crippen molar-refractivity contribution in [1.29, 1.82) is 0 Å². The summed E-state index contributed by atoms with van der Waals surface area (Å²) in [5, 5.41) is 0. The van der Waals surface area contributed by atoms with E-state index >= 15 is 0 Å². The van der Waals surface area contributed by atoms with Gasteiger partial charge in [-0.25, -0.2) is 9.59 Å². The largest absolute Gasteiger partial charge is 0.417 e. The van der Waals surface area contributed by atoms with Gasteiger partial charge in [-0.15, -0.1) is 12.8 Å². The third kappa shape index (κ3) is 4.09. The van der Waals surface area contributed by atoms with E-state index in [1.165, 1.54) is 48.5 Å². The predicted octanol–water partition coefficient (Wildman–Crippen LogP) is 1.99. The first-order valence-corrected chi connectivity index (χ1v) is 6.65. The third-order valence-electron chi connectivity index (χ3n) is 2.89. The summed E-state index contributed by atoms with van der Waals surface area (Å²) < 4.78 is 9.63. The fourth-order valence-electron chi connectivity index (χ4n) is 1.79. The van der Waals surface area contributed by atoms with Gasteiger partial charge in [0, 0.05) is 23.0 Å². The maximum Gasteiger partial charge on any atom is 0.389 e. The number of esters is 2. The van der Waals surface area contributed by atoms with Crippen LogP contribution in [0.5, 0.6) is 11.5 Å². The Hall–Kier alpha value is -3.83. The Labute approximate surface area is 138 Å². The van der Waals surface area contributed by atoms with Crippen molar-refractivity contribution in [3.63, 3.8) is 0 Å². The van der Waals surface area contributed by atoms with E-state index in [4.69, 9.17) is 22.3 Å². The Balaban J connectivity index is 2.11. The smallest absolute Gasteiger partial charge is 0.389 e. The lowest BCUT2D eigenvalue weighted by Crippen LogP contribution is -2.06. The normalized spacial score (nSPS) is 9.25. The lowest BCUT2D eigenvalue weighted by molar-refractivity contribution is -0.128. The molecule has 5 nitrogen and oxygen atoms in total. The Kier molecular flexibility index (Phi) is 5.13. The average molecular weight is 318 g/mol. The van der Waals surface area contributed by atoms with Crippen LogP contribution in [-0.4, -0.2) is 17.7 Å². The first kappa shape index (κ1) is 16.5. The molecule has 0 aromatic heterocycles. The lowest BCUT2D eigenvalue weighted by Gasteiger charge is -2.05. The van der Waals surface area contributed by atoms with Crippen LogP contribution < -0.4 is 9.47 Å². The minimum atomic E-state index is -0.814. The molecule has 0 unspecified atom stereocenters. The monoisotopic (exact) mass is 318 g/mol. The van der Waals surface area contributed by atoms with Crippen molar-refractivity contribution in [1.82, 2.24) is 0 Å². The first-order chi connectivity index (χ1) is 11.5. The van der Waals surface area contributed by atoms with E-state index in [0.29, 0.717) is 11.1 Å². The van der Waals surface area contributed by atoms with E-state index in [1.807, 2.05) is 11.8 Å². The molecule has 2 aromatic carbocycles. The summed E-state index contributed by atoms with van der Waals surface area (Å²) in [6, 6.07) is 11.9. The quantitative estimate of drug-likeness (QED) is 0.283. The van der Waals surface area contributed by atoms with Crippen molar-refractivity contribution >= 4 is 17.7 Å². The molecular formula is C19H10O5. The molecule has 0 aliphatic carbocycles. The molecule has 116 valence electrons. The second-order valence-electron chi connectivity index (χ2n) is 4.45. The molecule has 24 heavy (non-hydrogen) atoms. The second-order valence-corrected chi connectivity index (χ2v) is 4.45. The number of terminal acetylenes is 2. The summed E-state index contributed by atoms with van der Waals surface area (Å²) in [5.41, 5.74) is 0.785. The summed E-state index contributed by atoms with van der Waals surface area (Å²) in [7, 11) is 0. The Morgan fingerprint density at radius 1 is 0.667 bits per heavy atom. The number of hydrogen-bond donors (Lipinski definition) is 0. The molecule has 0 atom stereocenters. The van der Waals surface area contributed by atoms with Crippen LogP contribution in [-0.2, 0) is 9.59 Å². The van der Waals surface area contributed by atoms with E-state index in [2.05, 4.69) is 0 Å². The predicted molar refractivity (Wildman–Crippen MR) is 85.3 cm³/mol. The fourth-order valence-corrected chi connectivity index (χ4v) is 1.79. The van der Waals surface area contributed by atoms with E-state index in [1.54, 1.807) is 0 Å². The van der Waals surface area contributed by atoms with Gasteiger partial charge in [0.2, 0.25) is 0 Å². The van der Waals surface area contributed by atoms with Crippen LogP contribution in [0.2, 0.25) is 0 Å². The molecule has 5 heteroatoms. The molecule has 0 saturated heterocycles. The molecule has 2 rings (SSSR count). The molecule has 0 heterocycles. The fraction of sp³-hybridized carbons (Fsp3) is 0. The molecule has 0 aliphatic heterocycles. The van der Waals surface area contributed by atoms with Gasteiger partial charge < -0.3 is 9.47 Å². The van der Waals surface area contributed by atoms with Gasteiger partial charge >= 0.3 is 11.9 Å². The van der Waals surface area contributed by atoms with Crippen LogP contribution >= 0.6 is 0 Å². The number of carbonyl (C=O) groups excluding carboxylic acids is 3. The van der Waals surface area contributed by atoms with Crippen LogP contribution in [0.1, 0.15) is 15.9 Å². The van der Waals surface area contributed by atoms with Gasteiger partial charge in [-0.1, -0.05) is 0 Å². The highest BCUT2D eigenvalue weighted by molar-refractivity contribution is 6.09. The molecule has 0 N–H and O–H groups in total. The van der Waals surface area contributed by atoms with Crippen molar-refractivity contribution in [2.75, 3.05) is 0 Å². The number of ether oxygens (including phenoxy) is 2. The van der Waals surface area contributed by atoms with Gasteiger partial charge in [0.15, 0.2) is 5.78 Å². The van der Waals surface area contributed by atoms with Gasteiger partial charge in [-0.2, -0.15) is 0 Å². The van der Waals surface area contributed by atoms with E-state index in [9.17, 15) is 14.4 Å². The molecule has 0 saturated carbocycles. The lowest BCUT2D eigenvalue weighted by atomic mass is 10.0. The molecule has 2 aromatic rings. The maximum atomic E-state index is 12.3. The van der Waals surface area contributed by atoms with Crippen LogP contribution in [0.4, 0.5) is 0 Å². The zero-order chi connectivity index (χ0) is 17.5. The molecular weight excluding hydrogens is 308 g/mol. The van der Waals surface area contributed by atoms with Crippen molar-refractivity contribution in [2.45, 2.75) is 0 Å². The number of rotatable bonds is 4. The second kappa shape index (κ2) is 7.44. The topological polar surface area (TPSA) is 69.7 Å². The Bertz CT molecular complexity index is 788. The highest BCUT2D eigenvalue weighted by Crippen LogP contribution is 2.18. The summed E-state index contributed by atoms with van der Waals surface area (Å²) in [6.45, 7) is 0. The molecule has 0 aliphatic rings. The van der Waals surface area contributed by atoms with Gasteiger partial charge in [-0.05, 0) is 48.5 Å². The van der Waals surface area contributed by atoms with Gasteiger partial charge in [0.25, 0.3) is 0 Å². The van der Waals surface area contributed by atoms with Crippen molar-refractivity contribution in [2.24, 2.45) is 0 Å². The third-order valence-corrected chi connectivity index (χ3v) is 2.89. The Morgan fingerprint density at radius 2 is 1.00 bits per heavy atom. The minimum absolute atomic E-state index is 0.242. The van der Waals surface area contributed by atoms with Crippen LogP contribution in [0.15, 0.2) is 48.5 Å². The number of hydrogen-bond acceptors (Lipinski definition) is 5. The molecule has 0 radical (unpaired) electrons. The standard InChI is InChI=1S/C19H10O5/c1-3-17(20)23-15-9-5-13(6-10-15)19(22)14-7-11-16(12-8-14)24-18(21)4-2/h1-2,5-12H. The SMILES string of the molecule is C#CC(=O)Oc1ccc(C(=O)c2ccc(OC(=O)C#C)cc2)cc1. The van der Waals surface area contributed by atoms with Crippen LogP contribution in [0, 0.1) is 24.7 Å². The molecule has 0 amide bonds. The number of carbonyl (C=O) groups is 3. The van der Waals surface area contributed by atoms with Crippen LogP contribution in [0.3, 0.4) is 0 Å². The molecule has 0 fully saturated rings. The summed E-state index contributed by atoms with van der Waals surface area (Å²) in [6.07, 6.45) is 9.81. The average Bonchev–Trinajstić information content (AvgIpc) is 2.62. The minimum Gasteiger partial charge on any atom is -0.417 e. The number of benzene rings is 2. The van der Waals surface area contributed by atoms with Crippen molar-refractivity contribution < 1.29 is 23.9 Å². The Morgan fingerprint density at radius 3 is 1.29 bits per heavy atom. The zero-order valence-electron chi connectivity index (χ0n) is 12.3. The molecule has 0 spiro atoms.